The molecule has 20 heavy (non-hydrogen) atoms. The van der Waals surface area contributed by atoms with Crippen molar-refractivity contribution in [1.29, 1.82) is 0 Å². The van der Waals surface area contributed by atoms with Gasteiger partial charge in [0.2, 0.25) is 10.6 Å². The number of para-hydroxylation sites is 1. The van der Waals surface area contributed by atoms with Crippen LogP contribution in [0.15, 0.2) is 18.2 Å². The monoisotopic (exact) mass is 278 g/mol. The Kier molecular flexibility index (Phi) is 4.39. The highest BCUT2D eigenvalue weighted by Gasteiger charge is 2.20. The predicted molar refractivity (Wildman–Crippen MR) is 73.7 cm³/mol. The molecule has 0 saturated heterocycles. The Balaban J connectivity index is 2.25. The van der Waals surface area contributed by atoms with Gasteiger partial charge in [0.15, 0.2) is 5.75 Å². The second-order valence-corrected chi connectivity index (χ2v) is 4.56. The van der Waals surface area contributed by atoms with Gasteiger partial charge in [0.1, 0.15) is 0 Å². The minimum absolute atomic E-state index is 0.116. The number of unbranched alkanes of at least 4 members (excludes halogenated alkanes) is 3. The molecule has 0 saturated carbocycles. The van der Waals surface area contributed by atoms with E-state index in [4.69, 9.17) is 10.5 Å². The van der Waals surface area contributed by atoms with Crippen LogP contribution in [0.3, 0.4) is 0 Å². The lowest BCUT2D eigenvalue weighted by Crippen LogP contribution is -2.44. The van der Waals surface area contributed by atoms with E-state index in [0.717, 1.165) is 25.7 Å². The van der Waals surface area contributed by atoms with Crippen LogP contribution in [0.4, 0.5) is 5.95 Å². The number of nitrogen functional groups attached to an aromatic ring is 1. The van der Waals surface area contributed by atoms with Gasteiger partial charge in [0.05, 0.1) is 6.61 Å². The molecule has 7 nitrogen and oxygen atoms in total. The minimum atomic E-state index is -0.394. The van der Waals surface area contributed by atoms with Crippen molar-refractivity contribution >= 4 is 17.0 Å². The first-order valence-corrected chi connectivity index (χ1v) is 6.69. The van der Waals surface area contributed by atoms with Crippen molar-refractivity contribution in [3.63, 3.8) is 0 Å². The zero-order chi connectivity index (χ0) is 14.5. The number of fused-ring (bicyclic) bond motifs is 1. The smallest absolute Gasteiger partial charge is 0.458 e. The third-order valence-electron chi connectivity index (χ3n) is 3.04. The molecule has 1 aromatic carbocycles. The Bertz CT molecular complexity index is 604. The summed E-state index contributed by atoms with van der Waals surface area (Å²) >= 11 is 0. The van der Waals surface area contributed by atoms with E-state index in [-0.39, 0.29) is 11.0 Å². The Morgan fingerprint density at radius 2 is 2.05 bits per heavy atom. The lowest BCUT2D eigenvalue weighted by atomic mass is 10.2. The van der Waals surface area contributed by atoms with Crippen LogP contribution in [0.25, 0.3) is 11.0 Å². The molecule has 0 amide bonds. The highest BCUT2D eigenvalue weighted by Crippen LogP contribution is 2.20. The molecule has 0 spiro atoms. The number of benzene rings is 1. The van der Waals surface area contributed by atoms with Gasteiger partial charge in [-0.3, -0.25) is 5.73 Å². The molecule has 0 aliphatic heterocycles. The number of anilines is 1. The number of aromatic nitrogens is 3. The molecule has 0 fully saturated rings. The summed E-state index contributed by atoms with van der Waals surface area (Å²) in [6.45, 7) is 2.63. The molecule has 2 aromatic rings. The second kappa shape index (κ2) is 6.23. The molecule has 0 unspecified atom stereocenters. The van der Waals surface area contributed by atoms with Crippen LogP contribution in [0, 0.1) is 10.4 Å². The third kappa shape index (κ3) is 2.81. The lowest BCUT2D eigenvalue weighted by Gasteiger charge is -2.12. The normalized spacial score (nSPS) is 10.8. The number of rotatable bonds is 6. The molecular formula is C13H18N4O3. The van der Waals surface area contributed by atoms with Gasteiger partial charge in [-0.25, -0.2) is 4.73 Å². The average molecular weight is 278 g/mol. The molecular weight excluding hydrogens is 260 g/mol. The van der Waals surface area contributed by atoms with Crippen LogP contribution in [-0.4, -0.2) is 11.7 Å². The molecule has 1 aromatic heterocycles. The van der Waals surface area contributed by atoms with Gasteiger partial charge < -0.3 is 15.2 Å². The molecule has 0 atom stereocenters. The van der Waals surface area contributed by atoms with Crippen LogP contribution < -0.4 is 20.0 Å². The fourth-order valence-corrected chi connectivity index (χ4v) is 2.00. The Morgan fingerprint density at radius 1 is 1.25 bits per heavy atom. The van der Waals surface area contributed by atoms with Crippen LogP contribution in [-0.2, 0) is 0 Å². The molecule has 0 aliphatic carbocycles. The van der Waals surface area contributed by atoms with E-state index in [9.17, 15) is 10.4 Å². The molecule has 2 rings (SSSR count). The van der Waals surface area contributed by atoms with Gasteiger partial charge in [-0.1, -0.05) is 32.3 Å². The van der Waals surface area contributed by atoms with Crippen molar-refractivity contribution in [3.05, 3.63) is 28.6 Å². The first kappa shape index (κ1) is 14.1. The van der Waals surface area contributed by atoms with Crippen molar-refractivity contribution in [1.82, 2.24) is 5.10 Å². The average Bonchev–Trinajstić information content (AvgIpc) is 2.44. The zero-order valence-corrected chi connectivity index (χ0v) is 11.4. The van der Waals surface area contributed by atoms with Gasteiger partial charge >= 0.3 is 11.5 Å². The highest BCUT2D eigenvalue weighted by molar-refractivity contribution is 5.75. The summed E-state index contributed by atoms with van der Waals surface area (Å²) in [6, 6.07) is 4.80. The quantitative estimate of drug-likeness (QED) is 0.483. The molecule has 108 valence electrons. The van der Waals surface area contributed by atoms with Gasteiger partial charge in [-0.15, -0.1) is 0 Å². The summed E-state index contributed by atoms with van der Waals surface area (Å²) < 4.78 is 6.02. The first-order valence-electron chi connectivity index (χ1n) is 6.69. The van der Waals surface area contributed by atoms with E-state index in [2.05, 4.69) is 12.0 Å². The van der Waals surface area contributed by atoms with Gasteiger partial charge in [-0.2, -0.15) is 0 Å². The topological polar surface area (TPSA) is 102 Å². The van der Waals surface area contributed by atoms with Gasteiger partial charge in [0, 0.05) is 10.9 Å². The maximum atomic E-state index is 11.9. The Hall–Kier alpha value is -2.31. The number of nitrogens with two attached hydrogens (primary N) is 1. The van der Waals surface area contributed by atoms with E-state index in [1.165, 1.54) is 6.07 Å². The summed E-state index contributed by atoms with van der Waals surface area (Å²) in [4.78, 5) is 0.336. The van der Waals surface area contributed by atoms with E-state index in [1.54, 1.807) is 12.1 Å². The number of hydrogen-bond acceptors (Lipinski definition) is 5. The lowest BCUT2D eigenvalue weighted by molar-refractivity contribution is -0.672. The molecule has 7 heteroatoms. The molecule has 0 bridgehead atoms. The summed E-state index contributed by atoms with van der Waals surface area (Å²) in [5, 5.41) is 27.0. The van der Waals surface area contributed by atoms with Crippen molar-refractivity contribution in [3.8, 4) is 5.75 Å². The highest BCUT2D eigenvalue weighted by atomic mass is 16.5. The van der Waals surface area contributed by atoms with Crippen molar-refractivity contribution in [2.75, 3.05) is 12.3 Å². The van der Waals surface area contributed by atoms with Crippen molar-refractivity contribution in [2.24, 2.45) is 0 Å². The van der Waals surface area contributed by atoms with Crippen molar-refractivity contribution in [2.45, 2.75) is 32.6 Å². The molecule has 1 heterocycles. The summed E-state index contributed by atoms with van der Waals surface area (Å²) in [6.07, 6.45) is 4.27. The Morgan fingerprint density at radius 3 is 2.80 bits per heavy atom. The molecule has 0 aliphatic rings. The molecule has 2 N–H and O–H groups in total. The van der Waals surface area contributed by atoms with E-state index < -0.39 is 5.95 Å². The van der Waals surface area contributed by atoms with Gasteiger partial charge in [-0.05, 0) is 12.5 Å². The fourth-order valence-electron chi connectivity index (χ4n) is 2.00. The SMILES string of the molecule is CCCCCCOc1cccc2c1[n+]([O-])c(N)n[n+]2[O-]. The van der Waals surface area contributed by atoms with Crippen molar-refractivity contribution < 1.29 is 14.3 Å². The third-order valence-corrected chi connectivity index (χ3v) is 3.04. The minimum Gasteiger partial charge on any atom is -0.739 e. The summed E-state index contributed by atoms with van der Waals surface area (Å²) in [5.74, 6) is -0.0396. The van der Waals surface area contributed by atoms with E-state index in [1.807, 2.05) is 0 Å². The summed E-state index contributed by atoms with van der Waals surface area (Å²) in [5.41, 5.74) is 5.67. The van der Waals surface area contributed by atoms with Crippen LogP contribution >= 0.6 is 0 Å². The first-order chi connectivity index (χ1) is 9.65. The number of ether oxygens (including phenoxy) is 1. The Labute approximate surface area is 116 Å². The standard InChI is InChI=1S/C13H18N4O3/c1-2-3-4-5-9-20-11-8-6-7-10-12(11)16(18)13(14)15-17(10)19/h6-8H,2-5,9H2,1H3,(H2,14,15). The van der Waals surface area contributed by atoms with Gasteiger partial charge in [0.25, 0.3) is 0 Å². The maximum Gasteiger partial charge on any atom is 0.458 e. The number of hydrogen-bond donors (Lipinski definition) is 1. The second-order valence-electron chi connectivity index (χ2n) is 4.56. The van der Waals surface area contributed by atoms with Crippen LogP contribution in [0.1, 0.15) is 32.6 Å². The van der Waals surface area contributed by atoms with E-state index >= 15 is 0 Å². The molecule has 0 radical (unpaired) electrons. The van der Waals surface area contributed by atoms with E-state index in [0.29, 0.717) is 21.9 Å². The number of nitrogens with zero attached hydrogens (tertiary/aromatic N) is 3. The largest absolute Gasteiger partial charge is 0.739 e. The summed E-state index contributed by atoms with van der Waals surface area (Å²) in [7, 11) is 0. The van der Waals surface area contributed by atoms with Crippen LogP contribution in [0.2, 0.25) is 0 Å². The fraction of sp³-hybridized carbons (Fsp3) is 0.462. The van der Waals surface area contributed by atoms with Crippen LogP contribution in [0.5, 0.6) is 5.75 Å². The maximum absolute atomic E-state index is 11.9. The predicted octanol–water partition coefficient (Wildman–Crippen LogP) is 1.04. The zero-order valence-electron chi connectivity index (χ0n) is 11.4.